The van der Waals surface area contributed by atoms with E-state index < -0.39 is 32.5 Å². The van der Waals surface area contributed by atoms with Gasteiger partial charge in [0.1, 0.15) is 6.61 Å². The van der Waals surface area contributed by atoms with E-state index in [0.717, 1.165) is 70.6 Å². The molecule has 0 aromatic carbocycles. The van der Waals surface area contributed by atoms with E-state index >= 15 is 0 Å². The van der Waals surface area contributed by atoms with E-state index in [0.29, 0.717) is 12.8 Å². The number of hydrogen-bond donors (Lipinski definition) is 2. The summed E-state index contributed by atoms with van der Waals surface area (Å²) < 4.78 is 32.6. The zero-order valence-electron chi connectivity index (χ0n) is 32.1. The molecule has 0 aliphatic carbocycles. The molecule has 0 aromatic rings. The Morgan fingerprint density at radius 3 is 1.55 bits per heavy atom. The molecule has 3 N–H and O–H groups in total. The van der Waals surface area contributed by atoms with Crippen LogP contribution in [0.25, 0.3) is 0 Å². The molecule has 2 atom stereocenters. The molecule has 1 unspecified atom stereocenters. The zero-order chi connectivity index (χ0) is 37.5. The monoisotopic (exact) mass is 737 g/mol. The first kappa shape index (κ1) is 48.7. The van der Waals surface area contributed by atoms with Gasteiger partial charge in [-0.2, -0.15) is 0 Å². The summed E-state index contributed by atoms with van der Waals surface area (Å²) in [5.74, 6) is -0.896. The van der Waals surface area contributed by atoms with Crippen LogP contribution in [-0.2, 0) is 32.7 Å². The number of carbonyl (C=O) groups excluding carboxylic acids is 2. The fourth-order valence-electron chi connectivity index (χ4n) is 4.90. The maximum Gasteiger partial charge on any atom is 0.472 e. The first-order chi connectivity index (χ1) is 24.8. The predicted molar refractivity (Wildman–Crippen MR) is 210 cm³/mol. The SMILES string of the molecule is CCCCCC=CCC=CCC=CCCCCC(=O)OC[C@H](COP(=O)(O)OCCN)OC(=O)CCCCCCCC=CCC=CCCCCC. The van der Waals surface area contributed by atoms with Gasteiger partial charge in [0.25, 0.3) is 0 Å². The molecule has 0 saturated heterocycles. The Hall–Kier alpha value is -2.29. The summed E-state index contributed by atoms with van der Waals surface area (Å²) in [5, 5.41) is 0. The lowest BCUT2D eigenvalue weighted by Gasteiger charge is -2.19. The second kappa shape index (κ2) is 37.5. The van der Waals surface area contributed by atoms with Gasteiger partial charge in [-0.15, -0.1) is 0 Å². The molecular formula is C41H72NO8P. The fourth-order valence-corrected chi connectivity index (χ4v) is 5.67. The van der Waals surface area contributed by atoms with E-state index in [1.54, 1.807) is 0 Å². The van der Waals surface area contributed by atoms with Crippen molar-refractivity contribution in [1.82, 2.24) is 0 Å². The second-order valence-electron chi connectivity index (χ2n) is 12.8. The maximum absolute atomic E-state index is 12.5. The van der Waals surface area contributed by atoms with Crippen molar-refractivity contribution in [3.05, 3.63) is 60.8 Å². The molecule has 9 nitrogen and oxygen atoms in total. The minimum atomic E-state index is -4.39. The lowest BCUT2D eigenvalue weighted by Crippen LogP contribution is -2.29. The van der Waals surface area contributed by atoms with Gasteiger partial charge in [0.15, 0.2) is 6.10 Å². The summed E-state index contributed by atoms with van der Waals surface area (Å²) in [6.45, 7) is 3.59. The minimum absolute atomic E-state index is 0.0431. The highest BCUT2D eigenvalue weighted by Crippen LogP contribution is 2.43. The molecule has 0 rings (SSSR count). The number of ether oxygens (including phenoxy) is 2. The molecule has 10 heteroatoms. The summed E-state index contributed by atoms with van der Waals surface area (Å²) in [4.78, 5) is 34.7. The molecule has 0 radical (unpaired) electrons. The number of rotatable bonds is 36. The summed E-state index contributed by atoms with van der Waals surface area (Å²) in [7, 11) is -4.39. The molecule has 0 amide bonds. The van der Waals surface area contributed by atoms with Crippen LogP contribution in [0.2, 0.25) is 0 Å². The van der Waals surface area contributed by atoms with Crippen molar-refractivity contribution in [3.63, 3.8) is 0 Å². The van der Waals surface area contributed by atoms with Crippen LogP contribution in [0.4, 0.5) is 0 Å². The highest BCUT2D eigenvalue weighted by atomic mass is 31.2. The van der Waals surface area contributed by atoms with Crippen LogP contribution in [0.3, 0.4) is 0 Å². The topological polar surface area (TPSA) is 134 Å². The Labute approximate surface area is 310 Å². The lowest BCUT2D eigenvalue weighted by molar-refractivity contribution is -0.161. The highest BCUT2D eigenvalue weighted by molar-refractivity contribution is 7.47. The van der Waals surface area contributed by atoms with Crippen molar-refractivity contribution in [2.75, 3.05) is 26.4 Å². The molecular weight excluding hydrogens is 665 g/mol. The Kier molecular flexibility index (Phi) is 35.8. The average molecular weight is 738 g/mol. The van der Waals surface area contributed by atoms with E-state index in [-0.39, 0.29) is 32.6 Å². The third-order valence-corrected chi connectivity index (χ3v) is 8.86. The van der Waals surface area contributed by atoms with Gasteiger partial charge in [0, 0.05) is 19.4 Å². The number of phosphoric ester groups is 1. The van der Waals surface area contributed by atoms with Crippen LogP contribution in [0, 0.1) is 0 Å². The van der Waals surface area contributed by atoms with E-state index in [2.05, 4.69) is 74.6 Å². The summed E-state index contributed by atoms with van der Waals surface area (Å²) >= 11 is 0. The lowest BCUT2D eigenvalue weighted by atomic mass is 10.1. The van der Waals surface area contributed by atoms with Gasteiger partial charge in [0.05, 0.1) is 13.2 Å². The minimum Gasteiger partial charge on any atom is -0.462 e. The zero-order valence-corrected chi connectivity index (χ0v) is 33.0. The number of allylic oxidation sites excluding steroid dienone is 10. The van der Waals surface area contributed by atoms with Crippen molar-refractivity contribution >= 4 is 19.8 Å². The van der Waals surface area contributed by atoms with E-state index in [1.807, 2.05) is 0 Å². The van der Waals surface area contributed by atoms with Crippen LogP contribution in [-0.4, -0.2) is 49.3 Å². The van der Waals surface area contributed by atoms with Crippen LogP contribution in [0.5, 0.6) is 0 Å². The van der Waals surface area contributed by atoms with Crippen LogP contribution < -0.4 is 5.73 Å². The Morgan fingerprint density at radius 2 is 1.02 bits per heavy atom. The Balaban J connectivity index is 4.32. The van der Waals surface area contributed by atoms with Gasteiger partial charge in [-0.3, -0.25) is 18.6 Å². The van der Waals surface area contributed by atoms with Gasteiger partial charge in [-0.1, -0.05) is 120 Å². The van der Waals surface area contributed by atoms with Gasteiger partial charge < -0.3 is 20.1 Å². The molecule has 0 aliphatic rings. The molecule has 0 aliphatic heterocycles. The van der Waals surface area contributed by atoms with Crippen molar-refractivity contribution in [2.45, 2.75) is 161 Å². The first-order valence-corrected chi connectivity index (χ1v) is 21.3. The maximum atomic E-state index is 12.5. The number of esters is 2. The van der Waals surface area contributed by atoms with Gasteiger partial charge in [-0.05, 0) is 83.5 Å². The summed E-state index contributed by atoms with van der Waals surface area (Å²) in [5.41, 5.74) is 5.33. The third kappa shape index (κ3) is 37.3. The van der Waals surface area contributed by atoms with Crippen molar-refractivity contribution in [1.29, 1.82) is 0 Å². The molecule has 0 aromatic heterocycles. The first-order valence-electron chi connectivity index (χ1n) is 19.8. The summed E-state index contributed by atoms with van der Waals surface area (Å²) in [6, 6.07) is 0. The number of nitrogens with two attached hydrogens (primary N) is 1. The number of unbranched alkanes of at least 4 members (excludes halogenated alkanes) is 13. The number of phosphoric acid groups is 1. The van der Waals surface area contributed by atoms with E-state index in [4.69, 9.17) is 24.3 Å². The quantitative estimate of drug-likeness (QED) is 0.0279. The van der Waals surface area contributed by atoms with E-state index in [1.165, 1.54) is 44.9 Å². The Bertz CT molecular complexity index is 1020. The van der Waals surface area contributed by atoms with Gasteiger partial charge in [-0.25, -0.2) is 4.57 Å². The molecule has 0 heterocycles. The fraction of sp³-hybridized carbons (Fsp3) is 0.707. The normalized spacial score (nSPS) is 14.0. The molecule has 0 saturated carbocycles. The summed E-state index contributed by atoms with van der Waals surface area (Å²) in [6.07, 6.45) is 42.5. The highest BCUT2D eigenvalue weighted by Gasteiger charge is 2.25. The Morgan fingerprint density at radius 1 is 0.588 bits per heavy atom. The van der Waals surface area contributed by atoms with Crippen molar-refractivity contribution in [2.24, 2.45) is 5.73 Å². The number of hydrogen-bond acceptors (Lipinski definition) is 8. The largest absolute Gasteiger partial charge is 0.472 e. The molecule has 0 fully saturated rings. The third-order valence-electron chi connectivity index (χ3n) is 7.88. The smallest absolute Gasteiger partial charge is 0.462 e. The molecule has 294 valence electrons. The van der Waals surface area contributed by atoms with Crippen molar-refractivity contribution < 1.29 is 37.6 Å². The molecule has 0 bridgehead atoms. The number of carbonyl (C=O) groups is 2. The molecule has 51 heavy (non-hydrogen) atoms. The standard InChI is InChI=1S/C41H72NO8P/c1-3-5-7-9-11-13-15-17-19-21-23-25-27-29-31-33-40(43)47-37-39(38-49-51(45,46)48-36-35-42)50-41(44)34-32-30-28-26-24-22-20-18-16-14-12-10-8-6-4-2/h11-14,17-20,23,25,39H,3-10,15-16,21-22,24,26-38,42H2,1-2H3,(H,45,46)/t39-/m1/s1. The van der Waals surface area contributed by atoms with Crippen LogP contribution in [0.1, 0.15) is 155 Å². The van der Waals surface area contributed by atoms with Crippen LogP contribution in [0.15, 0.2) is 60.8 Å². The van der Waals surface area contributed by atoms with Gasteiger partial charge in [0.2, 0.25) is 0 Å². The second-order valence-corrected chi connectivity index (χ2v) is 14.2. The average Bonchev–Trinajstić information content (AvgIpc) is 3.11. The predicted octanol–water partition coefficient (Wildman–Crippen LogP) is 10.9. The van der Waals surface area contributed by atoms with Crippen molar-refractivity contribution in [3.8, 4) is 0 Å². The van der Waals surface area contributed by atoms with Crippen LogP contribution >= 0.6 is 7.82 Å². The van der Waals surface area contributed by atoms with E-state index in [9.17, 15) is 19.0 Å². The molecule has 0 spiro atoms. The van der Waals surface area contributed by atoms with Gasteiger partial charge >= 0.3 is 19.8 Å².